The van der Waals surface area contributed by atoms with Gasteiger partial charge in [0.15, 0.2) is 0 Å². The Bertz CT molecular complexity index is 552. The number of benzene rings is 1. The molecular weight excluding hydrogens is 250 g/mol. The van der Waals surface area contributed by atoms with Crippen LogP contribution < -0.4 is 4.74 Å². The summed E-state index contributed by atoms with van der Waals surface area (Å²) in [5.41, 5.74) is 3.45. The number of rotatable bonds is 3. The van der Waals surface area contributed by atoms with Crippen LogP contribution in [-0.4, -0.2) is 13.2 Å². The van der Waals surface area contributed by atoms with Crippen molar-refractivity contribution in [3.63, 3.8) is 0 Å². The minimum absolute atomic E-state index is 0.389. The molecule has 0 radical (unpaired) electrons. The van der Waals surface area contributed by atoms with Crippen LogP contribution in [-0.2, 0) is 23.2 Å². The molecule has 1 saturated carbocycles. The predicted octanol–water partition coefficient (Wildman–Crippen LogP) is 3.68. The average molecular weight is 271 g/mol. The van der Waals surface area contributed by atoms with Crippen molar-refractivity contribution in [2.75, 3.05) is 7.11 Å². The van der Waals surface area contributed by atoms with Crippen LogP contribution in [0, 0.1) is 0 Å². The molecular formula is C17H21NO2. The number of hydrogen-bond acceptors (Lipinski definition) is 3. The fourth-order valence-electron chi connectivity index (χ4n) is 3.88. The average Bonchev–Trinajstić information content (AvgIpc) is 2.96. The van der Waals surface area contributed by atoms with E-state index in [1.54, 1.807) is 13.2 Å². The first kappa shape index (κ1) is 13.4. The molecule has 1 aromatic carbocycles. The van der Waals surface area contributed by atoms with Gasteiger partial charge >= 0.3 is 0 Å². The molecule has 1 aromatic rings. The van der Waals surface area contributed by atoms with Crippen LogP contribution in [0.1, 0.15) is 55.2 Å². The van der Waals surface area contributed by atoms with E-state index in [1.807, 2.05) is 0 Å². The van der Waals surface area contributed by atoms with Crippen LogP contribution in [0.15, 0.2) is 17.1 Å². The normalized spacial score (nSPS) is 20.1. The number of aliphatic imine (C=N–C) groups is 1. The molecule has 20 heavy (non-hydrogen) atoms. The Hall–Kier alpha value is -1.60. The van der Waals surface area contributed by atoms with Crippen molar-refractivity contribution in [2.45, 2.75) is 56.9 Å². The molecule has 1 fully saturated rings. The summed E-state index contributed by atoms with van der Waals surface area (Å²) < 4.78 is 5.74. The molecule has 2 aliphatic carbocycles. The SMILES string of the molecule is COc1c(C2(N=C=O)CCCC2)ccc2c1CCCC2. The largest absolute Gasteiger partial charge is 0.496 e. The summed E-state index contributed by atoms with van der Waals surface area (Å²) >= 11 is 0. The molecule has 3 rings (SSSR count). The molecule has 0 aliphatic heterocycles. The highest BCUT2D eigenvalue weighted by atomic mass is 16.5. The summed E-state index contributed by atoms with van der Waals surface area (Å²) in [6.45, 7) is 0. The second-order valence-electron chi connectivity index (χ2n) is 5.93. The summed E-state index contributed by atoms with van der Waals surface area (Å²) in [6, 6.07) is 4.35. The van der Waals surface area contributed by atoms with Gasteiger partial charge in [-0.3, -0.25) is 0 Å². The van der Waals surface area contributed by atoms with Gasteiger partial charge in [-0.25, -0.2) is 4.79 Å². The maximum absolute atomic E-state index is 10.9. The van der Waals surface area contributed by atoms with Crippen molar-refractivity contribution in [1.82, 2.24) is 0 Å². The molecule has 0 aromatic heterocycles. The van der Waals surface area contributed by atoms with Gasteiger partial charge in [0.1, 0.15) is 11.3 Å². The molecule has 3 nitrogen and oxygen atoms in total. The molecule has 0 unspecified atom stereocenters. The molecule has 0 N–H and O–H groups in total. The first-order chi connectivity index (χ1) is 9.80. The van der Waals surface area contributed by atoms with E-state index in [2.05, 4.69) is 17.1 Å². The lowest BCUT2D eigenvalue weighted by atomic mass is 9.82. The standard InChI is InChI=1S/C17H21NO2/c1-20-16-14-7-3-2-6-13(14)8-9-15(16)17(18-12-19)10-4-5-11-17/h8-9H,2-7,10-11H2,1H3. The van der Waals surface area contributed by atoms with Crippen molar-refractivity contribution < 1.29 is 9.53 Å². The van der Waals surface area contributed by atoms with E-state index in [0.717, 1.165) is 49.8 Å². The maximum Gasteiger partial charge on any atom is 0.235 e. The molecule has 0 spiro atoms. The van der Waals surface area contributed by atoms with Crippen LogP contribution >= 0.6 is 0 Å². The third-order valence-corrected chi connectivity index (χ3v) is 4.88. The molecule has 0 atom stereocenters. The molecule has 3 heteroatoms. The van der Waals surface area contributed by atoms with E-state index in [-0.39, 0.29) is 5.54 Å². The van der Waals surface area contributed by atoms with Gasteiger partial charge in [-0.2, -0.15) is 4.99 Å². The molecule has 0 bridgehead atoms. The van der Waals surface area contributed by atoms with Gasteiger partial charge in [0.2, 0.25) is 6.08 Å². The minimum atomic E-state index is -0.389. The lowest BCUT2D eigenvalue weighted by molar-refractivity contribution is 0.372. The van der Waals surface area contributed by atoms with Crippen molar-refractivity contribution >= 4 is 6.08 Å². The Morgan fingerprint density at radius 1 is 1.15 bits per heavy atom. The van der Waals surface area contributed by atoms with Gasteiger partial charge in [-0.15, -0.1) is 0 Å². The Morgan fingerprint density at radius 2 is 1.90 bits per heavy atom. The highest BCUT2D eigenvalue weighted by Crippen LogP contribution is 2.47. The predicted molar refractivity (Wildman–Crippen MR) is 77.9 cm³/mol. The van der Waals surface area contributed by atoms with Gasteiger partial charge in [0.05, 0.1) is 7.11 Å². The number of ether oxygens (including phenoxy) is 1. The fraction of sp³-hybridized carbons (Fsp3) is 0.588. The Kier molecular flexibility index (Phi) is 3.62. The fourth-order valence-corrected chi connectivity index (χ4v) is 3.88. The number of hydrogen-bond donors (Lipinski definition) is 0. The van der Waals surface area contributed by atoms with Crippen molar-refractivity contribution in [3.8, 4) is 5.75 Å². The number of isocyanates is 1. The second kappa shape index (κ2) is 5.41. The highest BCUT2D eigenvalue weighted by Gasteiger charge is 2.39. The zero-order chi connectivity index (χ0) is 14.0. The molecule has 0 saturated heterocycles. The topological polar surface area (TPSA) is 38.7 Å². The van der Waals surface area contributed by atoms with Crippen LogP contribution in [0.5, 0.6) is 5.75 Å². The van der Waals surface area contributed by atoms with Crippen molar-refractivity contribution in [1.29, 1.82) is 0 Å². The smallest absolute Gasteiger partial charge is 0.235 e. The molecule has 0 heterocycles. The lowest BCUT2D eigenvalue weighted by Crippen LogP contribution is -2.21. The summed E-state index contributed by atoms with van der Waals surface area (Å²) in [6.07, 6.45) is 10.6. The molecule has 0 amide bonds. The third kappa shape index (κ3) is 2.06. The van der Waals surface area contributed by atoms with Crippen molar-refractivity contribution in [2.24, 2.45) is 4.99 Å². The third-order valence-electron chi connectivity index (χ3n) is 4.88. The zero-order valence-corrected chi connectivity index (χ0v) is 12.1. The number of carbonyl (C=O) groups excluding carboxylic acids is 1. The van der Waals surface area contributed by atoms with Gasteiger partial charge in [0, 0.05) is 5.56 Å². The highest BCUT2D eigenvalue weighted by molar-refractivity contribution is 5.52. The summed E-state index contributed by atoms with van der Waals surface area (Å²) in [5.74, 6) is 0.975. The monoisotopic (exact) mass is 271 g/mol. The zero-order valence-electron chi connectivity index (χ0n) is 12.1. The Labute approximate surface area is 120 Å². The van der Waals surface area contributed by atoms with Crippen molar-refractivity contribution in [3.05, 3.63) is 28.8 Å². The summed E-state index contributed by atoms with van der Waals surface area (Å²) in [5, 5.41) is 0. The van der Waals surface area contributed by atoms with Crippen LogP contribution in [0.25, 0.3) is 0 Å². The number of aryl methyl sites for hydroxylation is 1. The van der Waals surface area contributed by atoms with Crippen LogP contribution in [0.3, 0.4) is 0 Å². The van der Waals surface area contributed by atoms with E-state index >= 15 is 0 Å². The number of fused-ring (bicyclic) bond motifs is 1. The maximum atomic E-state index is 10.9. The van der Waals surface area contributed by atoms with Crippen LogP contribution in [0.4, 0.5) is 0 Å². The van der Waals surface area contributed by atoms with E-state index in [4.69, 9.17) is 4.74 Å². The van der Waals surface area contributed by atoms with Crippen LogP contribution in [0.2, 0.25) is 0 Å². The van der Waals surface area contributed by atoms with Gasteiger partial charge in [0.25, 0.3) is 0 Å². The molecule has 106 valence electrons. The first-order valence-corrected chi connectivity index (χ1v) is 7.59. The minimum Gasteiger partial charge on any atom is -0.496 e. The van der Waals surface area contributed by atoms with E-state index in [1.165, 1.54) is 24.0 Å². The lowest BCUT2D eigenvalue weighted by Gasteiger charge is -2.29. The summed E-state index contributed by atoms with van der Waals surface area (Å²) in [7, 11) is 1.74. The first-order valence-electron chi connectivity index (χ1n) is 7.59. The van der Waals surface area contributed by atoms with E-state index in [0.29, 0.717) is 0 Å². The number of nitrogens with zero attached hydrogens (tertiary/aromatic N) is 1. The Balaban J connectivity index is 2.15. The Morgan fingerprint density at radius 3 is 2.60 bits per heavy atom. The van der Waals surface area contributed by atoms with Gasteiger partial charge in [-0.05, 0) is 49.7 Å². The number of methoxy groups -OCH3 is 1. The summed E-state index contributed by atoms with van der Waals surface area (Å²) in [4.78, 5) is 15.1. The molecule has 2 aliphatic rings. The van der Waals surface area contributed by atoms with Gasteiger partial charge < -0.3 is 4.74 Å². The van der Waals surface area contributed by atoms with E-state index in [9.17, 15) is 4.79 Å². The van der Waals surface area contributed by atoms with E-state index < -0.39 is 0 Å². The van der Waals surface area contributed by atoms with Gasteiger partial charge in [-0.1, -0.05) is 25.0 Å². The quantitative estimate of drug-likeness (QED) is 0.621. The second-order valence-corrected chi connectivity index (χ2v) is 5.93.